The van der Waals surface area contributed by atoms with Gasteiger partial charge in [0.2, 0.25) is 0 Å². The van der Waals surface area contributed by atoms with Crippen molar-refractivity contribution in [3.63, 3.8) is 0 Å². The van der Waals surface area contributed by atoms with Crippen molar-refractivity contribution in [2.24, 2.45) is 0 Å². The molecule has 0 bridgehead atoms. The lowest BCUT2D eigenvalue weighted by Gasteiger charge is -2.31. The maximum atomic E-state index is 8.00. The van der Waals surface area contributed by atoms with Crippen molar-refractivity contribution >= 4 is 35.4 Å². The van der Waals surface area contributed by atoms with Crippen molar-refractivity contribution < 1.29 is 23.5 Å². The lowest BCUT2D eigenvalue weighted by molar-refractivity contribution is -0.145. The molecule has 2 aromatic carbocycles. The van der Waals surface area contributed by atoms with Crippen LogP contribution < -0.4 is 10.2 Å². The molecule has 3 heterocycles. The molecular formula is C25H30N2O5S. The Morgan fingerprint density at radius 3 is 2.58 bits per heavy atom. The first-order valence-corrected chi connectivity index (χ1v) is 12.1. The molecule has 2 aliphatic heterocycles. The van der Waals surface area contributed by atoms with Crippen LogP contribution in [0.4, 0.5) is 5.69 Å². The number of anilines is 1. The molecule has 0 aliphatic carbocycles. The highest BCUT2D eigenvalue weighted by molar-refractivity contribution is 7.97. The van der Waals surface area contributed by atoms with Crippen LogP contribution in [0.2, 0.25) is 0 Å². The van der Waals surface area contributed by atoms with Crippen LogP contribution in [0.5, 0.6) is 5.75 Å². The Morgan fingerprint density at radius 1 is 1.00 bits per heavy atom. The van der Waals surface area contributed by atoms with E-state index in [0.717, 1.165) is 79.1 Å². The summed E-state index contributed by atoms with van der Waals surface area (Å²) in [7, 11) is 0. The van der Waals surface area contributed by atoms with E-state index in [0.29, 0.717) is 0 Å². The number of rotatable bonds is 7. The van der Waals surface area contributed by atoms with Crippen LogP contribution in [0, 0.1) is 0 Å². The number of furan rings is 1. The molecule has 2 aliphatic rings. The van der Waals surface area contributed by atoms with E-state index in [9.17, 15) is 0 Å². The number of nitrogens with zero attached hydrogens (tertiary/aromatic N) is 1. The van der Waals surface area contributed by atoms with Crippen LogP contribution in [-0.2, 0) is 14.4 Å². The van der Waals surface area contributed by atoms with Gasteiger partial charge in [-0.2, -0.15) is 0 Å². The van der Waals surface area contributed by atoms with Crippen LogP contribution >= 0.6 is 11.9 Å². The number of ether oxygens (including phenoxy) is 2. The number of nitrogens with one attached hydrogen (secondary N) is 1. The monoisotopic (exact) mass is 470 g/mol. The van der Waals surface area contributed by atoms with Crippen LogP contribution in [0.3, 0.4) is 0 Å². The molecule has 2 fully saturated rings. The fourth-order valence-electron chi connectivity index (χ4n) is 3.99. The molecule has 3 aromatic rings. The van der Waals surface area contributed by atoms with Crippen LogP contribution in [-0.4, -0.2) is 43.2 Å². The molecule has 7 nitrogen and oxygen atoms in total. The number of benzene rings is 2. The van der Waals surface area contributed by atoms with Crippen molar-refractivity contribution in [2.45, 2.75) is 49.4 Å². The van der Waals surface area contributed by atoms with Gasteiger partial charge in [-0.3, -0.25) is 5.48 Å². The van der Waals surface area contributed by atoms with Gasteiger partial charge in [0.25, 0.3) is 0 Å². The van der Waals surface area contributed by atoms with Gasteiger partial charge >= 0.3 is 0 Å². The minimum atomic E-state index is -0.220. The molecule has 176 valence electrons. The SMILES string of the molecule is C=O.c1ccc(OC2CCN(Sc3ccc4ccoc4c3NOC3CCCCO3)CC2)cc1. The summed E-state index contributed by atoms with van der Waals surface area (Å²) in [5, 5.41) is 1.05. The first-order chi connectivity index (χ1) is 16.3. The summed E-state index contributed by atoms with van der Waals surface area (Å²) in [5.41, 5.74) is 4.83. The Morgan fingerprint density at radius 2 is 1.82 bits per heavy atom. The van der Waals surface area contributed by atoms with E-state index in [2.05, 4.69) is 21.9 Å². The zero-order valence-corrected chi connectivity index (χ0v) is 19.4. The quantitative estimate of drug-likeness (QED) is 0.350. The number of hydrogen-bond acceptors (Lipinski definition) is 8. The largest absolute Gasteiger partial charge is 0.490 e. The summed E-state index contributed by atoms with van der Waals surface area (Å²) in [5.74, 6) is 0.949. The Hall–Kier alpha value is -2.52. The third kappa shape index (κ3) is 6.29. The van der Waals surface area contributed by atoms with Gasteiger partial charge in [0.15, 0.2) is 11.9 Å². The Bertz CT molecular complexity index is 985. The highest BCUT2D eigenvalue weighted by Crippen LogP contribution is 2.38. The van der Waals surface area contributed by atoms with Crippen LogP contribution in [0.1, 0.15) is 32.1 Å². The smallest absolute Gasteiger partial charge is 0.183 e. The normalized spacial score (nSPS) is 19.6. The van der Waals surface area contributed by atoms with E-state index < -0.39 is 0 Å². The molecule has 0 amide bonds. The van der Waals surface area contributed by atoms with Crippen molar-refractivity contribution in [1.29, 1.82) is 0 Å². The second-order valence-electron chi connectivity index (χ2n) is 7.94. The third-order valence-electron chi connectivity index (χ3n) is 5.69. The second-order valence-corrected chi connectivity index (χ2v) is 9.08. The third-order valence-corrected chi connectivity index (χ3v) is 6.85. The number of fused-ring (bicyclic) bond motifs is 1. The average Bonchev–Trinajstić information content (AvgIpc) is 3.36. The second kappa shape index (κ2) is 12.1. The van der Waals surface area contributed by atoms with Crippen molar-refractivity contribution in [3.05, 3.63) is 54.8 Å². The van der Waals surface area contributed by atoms with Crippen molar-refractivity contribution in [3.8, 4) is 5.75 Å². The van der Waals surface area contributed by atoms with Crippen LogP contribution in [0.15, 0.2) is 64.1 Å². The van der Waals surface area contributed by atoms with Gasteiger partial charge < -0.3 is 18.7 Å². The summed E-state index contributed by atoms with van der Waals surface area (Å²) in [6.07, 6.45) is 6.88. The molecule has 1 atom stereocenters. The van der Waals surface area contributed by atoms with Gasteiger partial charge in [0.1, 0.15) is 24.3 Å². The predicted molar refractivity (Wildman–Crippen MR) is 129 cm³/mol. The molecule has 0 saturated carbocycles. The average molecular weight is 471 g/mol. The predicted octanol–water partition coefficient (Wildman–Crippen LogP) is 5.67. The molecular weight excluding hydrogens is 440 g/mol. The summed E-state index contributed by atoms with van der Waals surface area (Å²) in [6, 6.07) is 16.3. The van der Waals surface area contributed by atoms with Crippen molar-refractivity contribution in [2.75, 3.05) is 25.2 Å². The molecule has 33 heavy (non-hydrogen) atoms. The number of piperidine rings is 1. The molecule has 1 aromatic heterocycles. The topological polar surface area (TPSA) is 73.2 Å². The van der Waals surface area contributed by atoms with Gasteiger partial charge in [0, 0.05) is 31.5 Å². The Labute approximate surface area is 198 Å². The van der Waals surface area contributed by atoms with Crippen LogP contribution in [0.25, 0.3) is 11.0 Å². The minimum Gasteiger partial charge on any atom is -0.490 e. The molecule has 2 saturated heterocycles. The molecule has 0 spiro atoms. The van der Waals surface area contributed by atoms with E-state index in [-0.39, 0.29) is 12.4 Å². The van der Waals surface area contributed by atoms with E-state index in [1.807, 2.05) is 43.2 Å². The fourth-order valence-corrected chi connectivity index (χ4v) is 5.01. The van der Waals surface area contributed by atoms with Gasteiger partial charge in [-0.15, -0.1) is 0 Å². The molecule has 1 N–H and O–H groups in total. The van der Waals surface area contributed by atoms with Gasteiger partial charge in [-0.05, 0) is 68.0 Å². The van der Waals surface area contributed by atoms with Gasteiger partial charge in [0.05, 0.1) is 11.2 Å². The first kappa shape index (κ1) is 23.6. The number of carbonyl (C=O) groups excluding carboxylic acids is 1. The summed E-state index contributed by atoms with van der Waals surface area (Å²) in [6.45, 7) is 4.67. The Balaban J connectivity index is 0.00000126. The number of para-hydroxylation sites is 1. The summed E-state index contributed by atoms with van der Waals surface area (Å²) >= 11 is 1.74. The summed E-state index contributed by atoms with van der Waals surface area (Å²) < 4.78 is 20.0. The lowest BCUT2D eigenvalue weighted by Crippen LogP contribution is -2.34. The number of hydrogen-bond donors (Lipinski definition) is 1. The standard InChI is InChI=1S/C24H28N2O4S.CH2O/c1-2-6-19(7-3-1)29-20-11-14-26(15-12-20)31-21-10-9-18-13-17-28-24(18)23(21)25-30-22-8-4-5-16-27-22;1-2/h1-3,6-7,9-10,13,17,20,22,25H,4-5,8,11-12,14-16H2;1H2. The molecule has 5 rings (SSSR count). The zero-order chi connectivity index (χ0) is 22.9. The lowest BCUT2D eigenvalue weighted by atomic mass is 10.1. The van der Waals surface area contributed by atoms with E-state index in [4.69, 9.17) is 23.5 Å². The van der Waals surface area contributed by atoms with E-state index in [1.165, 1.54) is 0 Å². The molecule has 0 radical (unpaired) electrons. The fraction of sp³-hybridized carbons (Fsp3) is 0.400. The highest BCUT2D eigenvalue weighted by Gasteiger charge is 2.24. The maximum absolute atomic E-state index is 8.00. The molecule has 1 unspecified atom stereocenters. The Kier molecular flexibility index (Phi) is 8.65. The van der Waals surface area contributed by atoms with Gasteiger partial charge in [-0.1, -0.05) is 18.2 Å². The van der Waals surface area contributed by atoms with Crippen molar-refractivity contribution in [1.82, 2.24) is 4.31 Å². The summed E-state index contributed by atoms with van der Waals surface area (Å²) in [4.78, 5) is 15.0. The van der Waals surface area contributed by atoms with E-state index in [1.54, 1.807) is 18.2 Å². The maximum Gasteiger partial charge on any atom is 0.183 e. The molecule has 8 heteroatoms. The highest BCUT2D eigenvalue weighted by atomic mass is 32.2. The number of carbonyl (C=O) groups is 1. The first-order valence-electron chi connectivity index (χ1n) is 11.3. The zero-order valence-electron chi connectivity index (χ0n) is 18.6. The van der Waals surface area contributed by atoms with Gasteiger partial charge in [-0.25, -0.2) is 9.14 Å². The van der Waals surface area contributed by atoms with E-state index >= 15 is 0 Å². The minimum absolute atomic E-state index is 0.220.